The van der Waals surface area contributed by atoms with Gasteiger partial charge >= 0.3 is 0 Å². The molecule has 0 bridgehead atoms. The van der Waals surface area contributed by atoms with E-state index in [9.17, 15) is 0 Å². The van der Waals surface area contributed by atoms with Crippen molar-refractivity contribution in [1.82, 2.24) is 9.55 Å². The van der Waals surface area contributed by atoms with Crippen molar-refractivity contribution in [2.45, 2.75) is 52.0 Å². The molecule has 15 heavy (non-hydrogen) atoms. The molecule has 1 atom stereocenters. The van der Waals surface area contributed by atoms with E-state index in [2.05, 4.69) is 30.3 Å². The van der Waals surface area contributed by atoms with Crippen LogP contribution < -0.4 is 0 Å². The predicted molar refractivity (Wildman–Crippen MR) is 65.3 cm³/mol. The van der Waals surface area contributed by atoms with E-state index in [0.29, 0.717) is 11.3 Å². The maximum Gasteiger partial charge on any atom is 0.108 e. The van der Waals surface area contributed by atoms with Crippen molar-refractivity contribution in [3.05, 3.63) is 18.2 Å². The molecule has 0 amide bonds. The molecule has 0 aliphatic rings. The Morgan fingerprint density at radius 3 is 2.80 bits per heavy atom. The van der Waals surface area contributed by atoms with Gasteiger partial charge in [0.2, 0.25) is 0 Å². The molecular weight excluding hydrogens is 208 g/mol. The molecule has 0 aliphatic heterocycles. The molecule has 0 saturated carbocycles. The van der Waals surface area contributed by atoms with E-state index in [-0.39, 0.29) is 0 Å². The van der Waals surface area contributed by atoms with Crippen LogP contribution in [0.25, 0.3) is 0 Å². The molecule has 86 valence electrons. The summed E-state index contributed by atoms with van der Waals surface area (Å²) in [6.45, 7) is 7.49. The third-order valence-corrected chi connectivity index (χ3v) is 3.47. The van der Waals surface area contributed by atoms with E-state index in [1.54, 1.807) is 0 Å². The van der Waals surface area contributed by atoms with Crippen molar-refractivity contribution in [3.8, 4) is 0 Å². The first-order chi connectivity index (χ1) is 7.15. The Labute approximate surface area is 97.7 Å². The molecule has 0 saturated heterocycles. The van der Waals surface area contributed by atoms with Gasteiger partial charge in [0.05, 0.1) is 0 Å². The Morgan fingerprint density at radius 2 is 2.20 bits per heavy atom. The SMILES string of the molecule is CCn1ccnc1CCCC(Cl)C(C)C. The summed E-state index contributed by atoms with van der Waals surface area (Å²) in [4.78, 5) is 4.35. The molecule has 0 N–H and O–H groups in total. The highest BCUT2D eigenvalue weighted by Crippen LogP contribution is 2.16. The maximum absolute atomic E-state index is 6.20. The first-order valence-electron chi connectivity index (χ1n) is 5.79. The van der Waals surface area contributed by atoms with Gasteiger partial charge in [-0.25, -0.2) is 4.98 Å². The minimum atomic E-state index is 0.301. The lowest BCUT2D eigenvalue weighted by molar-refractivity contribution is 0.537. The lowest BCUT2D eigenvalue weighted by atomic mass is 10.0. The summed E-state index contributed by atoms with van der Waals surface area (Å²) in [6.07, 6.45) is 7.16. The van der Waals surface area contributed by atoms with E-state index < -0.39 is 0 Å². The highest BCUT2D eigenvalue weighted by molar-refractivity contribution is 6.20. The zero-order valence-corrected chi connectivity index (χ0v) is 10.7. The van der Waals surface area contributed by atoms with Crippen LogP contribution in [0.2, 0.25) is 0 Å². The van der Waals surface area contributed by atoms with Gasteiger partial charge in [-0.1, -0.05) is 13.8 Å². The normalized spacial score (nSPS) is 13.4. The number of aryl methyl sites for hydroxylation is 2. The molecule has 3 heteroatoms. The second-order valence-electron chi connectivity index (χ2n) is 4.28. The smallest absolute Gasteiger partial charge is 0.108 e. The third-order valence-electron chi connectivity index (χ3n) is 2.75. The summed E-state index contributed by atoms with van der Waals surface area (Å²) >= 11 is 6.20. The number of nitrogens with zero attached hydrogens (tertiary/aromatic N) is 2. The molecule has 0 aromatic carbocycles. The summed E-state index contributed by atoms with van der Waals surface area (Å²) in [6, 6.07) is 0. The average molecular weight is 229 g/mol. The quantitative estimate of drug-likeness (QED) is 0.682. The summed E-state index contributed by atoms with van der Waals surface area (Å²) in [5.74, 6) is 1.75. The average Bonchev–Trinajstić information content (AvgIpc) is 2.65. The molecule has 1 unspecified atom stereocenters. The Hall–Kier alpha value is -0.500. The van der Waals surface area contributed by atoms with Crippen molar-refractivity contribution in [2.24, 2.45) is 5.92 Å². The number of imidazole rings is 1. The van der Waals surface area contributed by atoms with Gasteiger partial charge in [0.25, 0.3) is 0 Å². The van der Waals surface area contributed by atoms with E-state index in [0.717, 1.165) is 25.8 Å². The third kappa shape index (κ3) is 3.86. The Balaban J connectivity index is 2.31. The fraction of sp³-hybridized carbons (Fsp3) is 0.750. The van der Waals surface area contributed by atoms with Crippen LogP contribution in [0.1, 0.15) is 39.4 Å². The standard InChI is InChI=1S/C12H21ClN2/c1-4-15-9-8-14-12(15)7-5-6-11(13)10(2)3/h8-11H,4-7H2,1-3H3. The van der Waals surface area contributed by atoms with E-state index in [4.69, 9.17) is 11.6 Å². The molecular formula is C12H21ClN2. The van der Waals surface area contributed by atoms with Gasteiger partial charge in [-0.15, -0.1) is 11.6 Å². The second kappa shape index (κ2) is 6.16. The van der Waals surface area contributed by atoms with Gasteiger partial charge in [-0.3, -0.25) is 0 Å². The minimum Gasteiger partial charge on any atom is -0.335 e. The predicted octanol–water partition coefficient (Wildman–Crippen LogP) is 3.49. The van der Waals surface area contributed by atoms with Crippen LogP contribution in [-0.2, 0) is 13.0 Å². The molecule has 1 heterocycles. The molecule has 1 aromatic heterocycles. The van der Waals surface area contributed by atoms with Crippen LogP contribution in [0.4, 0.5) is 0 Å². The zero-order valence-electron chi connectivity index (χ0n) is 9.91. The first kappa shape index (κ1) is 12.6. The summed E-state index contributed by atoms with van der Waals surface area (Å²) in [5, 5.41) is 0.301. The number of alkyl halides is 1. The van der Waals surface area contributed by atoms with Crippen LogP contribution in [0.5, 0.6) is 0 Å². The Bertz CT molecular complexity index is 281. The van der Waals surface area contributed by atoms with Crippen LogP contribution in [0.15, 0.2) is 12.4 Å². The number of hydrogen-bond acceptors (Lipinski definition) is 1. The minimum absolute atomic E-state index is 0.301. The second-order valence-corrected chi connectivity index (χ2v) is 4.84. The van der Waals surface area contributed by atoms with Gasteiger partial charge in [-0.2, -0.15) is 0 Å². The van der Waals surface area contributed by atoms with Crippen LogP contribution >= 0.6 is 11.6 Å². The van der Waals surface area contributed by atoms with Crippen molar-refractivity contribution in [1.29, 1.82) is 0 Å². The van der Waals surface area contributed by atoms with Crippen molar-refractivity contribution in [3.63, 3.8) is 0 Å². The van der Waals surface area contributed by atoms with Crippen LogP contribution in [-0.4, -0.2) is 14.9 Å². The van der Waals surface area contributed by atoms with Gasteiger partial charge in [0.15, 0.2) is 0 Å². The van der Waals surface area contributed by atoms with Crippen molar-refractivity contribution in [2.75, 3.05) is 0 Å². The maximum atomic E-state index is 6.20. The molecule has 1 aromatic rings. The highest BCUT2D eigenvalue weighted by atomic mass is 35.5. The summed E-state index contributed by atoms with van der Waals surface area (Å²) in [5.41, 5.74) is 0. The van der Waals surface area contributed by atoms with Crippen LogP contribution in [0.3, 0.4) is 0 Å². The monoisotopic (exact) mass is 228 g/mol. The molecule has 2 nitrogen and oxygen atoms in total. The molecule has 0 radical (unpaired) electrons. The fourth-order valence-corrected chi connectivity index (χ4v) is 1.80. The first-order valence-corrected chi connectivity index (χ1v) is 6.22. The van der Waals surface area contributed by atoms with Gasteiger partial charge in [-0.05, 0) is 25.7 Å². The number of hydrogen-bond donors (Lipinski definition) is 0. The van der Waals surface area contributed by atoms with Crippen LogP contribution in [0, 0.1) is 5.92 Å². The topological polar surface area (TPSA) is 17.8 Å². The number of rotatable bonds is 6. The summed E-state index contributed by atoms with van der Waals surface area (Å²) in [7, 11) is 0. The lowest BCUT2D eigenvalue weighted by Crippen LogP contribution is -2.09. The largest absolute Gasteiger partial charge is 0.335 e. The fourth-order valence-electron chi connectivity index (χ4n) is 1.64. The van der Waals surface area contributed by atoms with E-state index in [1.165, 1.54) is 5.82 Å². The molecule has 1 rings (SSSR count). The van der Waals surface area contributed by atoms with E-state index >= 15 is 0 Å². The molecule has 0 fully saturated rings. The molecule has 0 aliphatic carbocycles. The summed E-state index contributed by atoms with van der Waals surface area (Å²) < 4.78 is 2.19. The van der Waals surface area contributed by atoms with Crippen molar-refractivity contribution < 1.29 is 0 Å². The van der Waals surface area contributed by atoms with E-state index in [1.807, 2.05) is 12.4 Å². The molecule has 0 spiro atoms. The number of halogens is 1. The number of aromatic nitrogens is 2. The Kier molecular flexibility index (Phi) is 5.16. The van der Waals surface area contributed by atoms with Crippen molar-refractivity contribution >= 4 is 11.6 Å². The van der Waals surface area contributed by atoms with Gasteiger partial charge < -0.3 is 4.57 Å². The highest BCUT2D eigenvalue weighted by Gasteiger charge is 2.09. The Morgan fingerprint density at radius 1 is 1.47 bits per heavy atom. The van der Waals surface area contributed by atoms with Gasteiger partial charge in [0.1, 0.15) is 5.82 Å². The zero-order chi connectivity index (χ0) is 11.3. The van der Waals surface area contributed by atoms with Gasteiger partial charge in [0, 0.05) is 30.7 Å². The lowest BCUT2D eigenvalue weighted by Gasteiger charge is -2.12.